The van der Waals surface area contributed by atoms with Crippen molar-refractivity contribution in [2.75, 3.05) is 0 Å². The molecule has 0 atom stereocenters. The molecular weight excluding hydrogens is 372 g/mol. The monoisotopic (exact) mass is 387 g/mol. The first kappa shape index (κ1) is 16.7. The number of ketones is 2. The molecule has 0 saturated carbocycles. The van der Waals surface area contributed by atoms with Gasteiger partial charge in [0, 0.05) is 34.9 Å². The molecule has 0 bridgehead atoms. The van der Waals surface area contributed by atoms with Crippen LogP contribution in [0.2, 0.25) is 0 Å². The van der Waals surface area contributed by atoms with Crippen LogP contribution in [-0.2, 0) is 0 Å². The minimum atomic E-state index is -0.146. The normalized spacial score (nSPS) is 12.8. The van der Waals surface area contributed by atoms with Gasteiger partial charge in [-0.2, -0.15) is 0 Å². The third kappa shape index (κ3) is 2.22. The number of hydrogen-bond donors (Lipinski definition) is 0. The number of hydrogen-bond acceptors (Lipinski definition) is 3. The van der Waals surface area contributed by atoms with Gasteiger partial charge in [-0.15, -0.1) is 4.57 Å². The van der Waals surface area contributed by atoms with E-state index in [0.717, 1.165) is 16.7 Å². The van der Waals surface area contributed by atoms with Crippen LogP contribution in [0.3, 0.4) is 0 Å². The van der Waals surface area contributed by atoms with Crippen LogP contribution >= 0.6 is 0 Å². The van der Waals surface area contributed by atoms with Gasteiger partial charge in [-0.1, -0.05) is 54.6 Å². The fraction of sp³-hybridized carbons (Fsp3) is 0. The van der Waals surface area contributed by atoms with E-state index in [1.165, 1.54) is 0 Å². The van der Waals surface area contributed by atoms with E-state index < -0.39 is 0 Å². The lowest BCUT2D eigenvalue weighted by atomic mass is 9.83. The minimum absolute atomic E-state index is 0.130. The molecule has 1 heterocycles. The molecule has 0 spiro atoms. The molecule has 0 fully saturated rings. The lowest BCUT2D eigenvalue weighted by Crippen LogP contribution is -2.36. The number of carbonyl (C=O) groups is 2. The molecule has 5 aromatic rings. The molecule has 140 valence electrons. The Bertz CT molecular complexity index is 1520. The summed E-state index contributed by atoms with van der Waals surface area (Å²) in [5.74, 6) is -0.276. The summed E-state index contributed by atoms with van der Waals surface area (Å²) in [4.78, 5) is 31.6. The predicted octanol–water partition coefficient (Wildman–Crippen LogP) is 4.44. The minimum Gasteiger partial charge on any atom is -0.289 e. The Hall–Kier alpha value is -4.18. The summed E-state index contributed by atoms with van der Waals surface area (Å²) in [7, 11) is 0. The average Bonchev–Trinajstić information content (AvgIpc) is 2.81. The second-order valence-electron chi connectivity index (χ2n) is 7.33. The number of nitrogens with zero attached hydrogens (tertiary/aromatic N) is 2. The van der Waals surface area contributed by atoms with Crippen LogP contribution in [0.15, 0.2) is 91.0 Å². The quantitative estimate of drug-likeness (QED) is 0.310. The van der Waals surface area contributed by atoms with Crippen LogP contribution < -0.4 is 4.57 Å². The lowest BCUT2D eigenvalue weighted by molar-refractivity contribution is -0.538. The largest absolute Gasteiger partial charge is 0.289 e. The number of benzene rings is 4. The Morgan fingerprint density at radius 2 is 1.23 bits per heavy atom. The number of carbonyl (C=O) groups excluding carboxylic acids is 2. The van der Waals surface area contributed by atoms with E-state index in [1.807, 2.05) is 65.2 Å². The average molecular weight is 387 g/mol. The Balaban J connectivity index is 1.83. The molecule has 4 aromatic carbocycles. The molecule has 0 unspecified atom stereocenters. The smallest absolute Gasteiger partial charge is 0.249 e. The maximum absolute atomic E-state index is 13.6. The van der Waals surface area contributed by atoms with Gasteiger partial charge in [-0.3, -0.25) is 9.59 Å². The molecule has 1 aromatic heterocycles. The van der Waals surface area contributed by atoms with Crippen molar-refractivity contribution in [2.24, 2.45) is 0 Å². The zero-order chi connectivity index (χ0) is 20.2. The highest BCUT2D eigenvalue weighted by molar-refractivity contribution is 6.31. The summed E-state index contributed by atoms with van der Waals surface area (Å²) in [6, 6.07) is 28.3. The summed E-state index contributed by atoms with van der Waals surface area (Å²) in [6.45, 7) is 0. The standard InChI is InChI=1S/C26H15N2O2/c29-25-17-10-4-5-11-18(17)26(30)23-19(25)14-15-21-24(23)28(16-8-2-1-3-9-16)22-13-7-6-12-20(22)27-21/h1-15H/q+1. The SMILES string of the molecule is O=C1c2ccccc2C(=O)c2c1ccc1nc3ccccc3[n+](-c3ccccc3)c21. The van der Waals surface area contributed by atoms with E-state index >= 15 is 0 Å². The Labute approximate surface area is 172 Å². The highest BCUT2D eigenvalue weighted by atomic mass is 16.1. The van der Waals surface area contributed by atoms with Crippen LogP contribution in [0.4, 0.5) is 0 Å². The number of aromatic nitrogens is 2. The van der Waals surface area contributed by atoms with E-state index in [9.17, 15) is 9.59 Å². The summed E-state index contributed by atoms with van der Waals surface area (Å²) in [5, 5.41) is 0. The van der Waals surface area contributed by atoms with E-state index in [2.05, 4.69) is 0 Å². The maximum Gasteiger partial charge on any atom is 0.249 e. The lowest BCUT2D eigenvalue weighted by Gasteiger charge is -2.18. The molecule has 4 nitrogen and oxygen atoms in total. The Morgan fingerprint density at radius 1 is 0.567 bits per heavy atom. The second kappa shape index (κ2) is 6.16. The van der Waals surface area contributed by atoms with Gasteiger partial charge in [0.15, 0.2) is 5.78 Å². The fourth-order valence-electron chi connectivity index (χ4n) is 4.32. The molecule has 0 amide bonds. The summed E-state index contributed by atoms with van der Waals surface area (Å²) < 4.78 is 2.04. The van der Waals surface area contributed by atoms with E-state index in [4.69, 9.17) is 4.98 Å². The van der Waals surface area contributed by atoms with Gasteiger partial charge in [-0.05, 0) is 18.2 Å². The van der Waals surface area contributed by atoms with E-state index in [0.29, 0.717) is 33.3 Å². The van der Waals surface area contributed by atoms with Crippen molar-refractivity contribution in [3.8, 4) is 5.69 Å². The van der Waals surface area contributed by atoms with Gasteiger partial charge in [0.1, 0.15) is 16.6 Å². The van der Waals surface area contributed by atoms with Crippen molar-refractivity contribution >= 4 is 33.6 Å². The van der Waals surface area contributed by atoms with Gasteiger partial charge in [0.2, 0.25) is 22.5 Å². The molecule has 1 aliphatic rings. The van der Waals surface area contributed by atoms with Crippen molar-refractivity contribution in [1.82, 2.24) is 4.98 Å². The Morgan fingerprint density at radius 3 is 2.03 bits per heavy atom. The molecule has 1 aliphatic carbocycles. The summed E-state index contributed by atoms with van der Waals surface area (Å²) in [5.41, 5.74) is 5.68. The zero-order valence-corrected chi connectivity index (χ0v) is 15.9. The van der Waals surface area contributed by atoms with Gasteiger partial charge in [-0.25, -0.2) is 4.98 Å². The third-order valence-corrected chi connectivity index (χ3v) is 5.65. The molecular formula is C26H15N2O2+. The second-order valence-corrected chi connectivity index (χ2v) is 7.33. The zero-order valence-electron chi connectivity index (χ0n) is 15.9. The van der Waals surface area contributed by atoms with Crippen molar-refractivity contribution in [3.63, 3.8) is 0 Å². The number of rotatable bonds is 1. The van der Waals surface area contributed by atoms with Crippen molar-refractivity contribution in [2.45, 2.75) is 0 Å². The van der Waals surface area contributed by atoms with Crippen molar-refractivity contribution in [1.29, 1.82) is 0 Å². The van der Waals surface area contributed by atoms with E-state index in [1.54, 1.807) is 30.3 Å². The number of fused-ring (bicyclic) bond motifs is 5. The van der Waals surface area contributed by atoms with Crippen LogP contribution in [0, 0.1) is 0 Å². The summed E-state index contributed by atoms with van der Waals surface area (Å²) in [6.07, 6.45) is 0. The number of para-hydroxylation sites is 3. The van der Waals surface area contributed by atoms with Crippen LogP contribution in [0.1, 0.15) is 31.8 Å². The fourth-order valence-corrected chi connectivity index (χ4v) is 4.32. The van der Waals surface area contributed by atoms with E-state index in [-0.39, 0.29) is 11.6 Å². The van der Waals surface area contributed by atoms with Gasteiger partial charge in [0.25, 0.3) is 0 Å². The van der Waals surface area contributed by atoms with Gasteiger partial charge < -0.3 is 0 Å². The highest BCUT2D eigenvalue weighted by Crippen LogP contribution is 2.32. The molecule has 6 rings (SSSR count). The Kier molecular flexibility index (Phi) is 3.44. The predicted molar refractivity (Wildman–Crippen MR) is 114 cm³/mol. The topological polar surface area (TPSA) is 50.9 Å². The van der Waals surface area contributed by atoms with Gasteiger partial charge >= 0.3 is 0 Å². The molecule has 30 heavy (non-hydrogen) atoms. The van der Waals surface area contributed by atoms with Crippen LogP contribution in [0.5, 0.6) is 0 Å². The van der Waals surface area contributed by atoms with Gasteiger partial charge in [0.05, 0.1) is 0 Å². The molecule has 4 heteroatoms. The molecule has 0 aliphatic heterocycles. The van der Waals surface area contributed by atoms with Crippen molar-refractivity contribution < 1.29 is 14.2 Å². The van der Waals surface area contributed by atoms with Crippen LogP contribution in [-0.4, -0.2) is 16.6 Å². The third-order valence-electron chi connectivity index (χ3n) is 5.65. The first-order valence-electron chi connectivity index (χ1n) is 9.75. The van der Waals surface area contributed by atoms with Crippen LogP contribution in [0.25, 0.3) is 27.8 Å². The molecule has 0 N–H and O–H groups in total. The maximum atomic E-state index is 13.6. The molecule has 0 saturated heterocycles. The summed E-state index contributed by atoms with van der Waals surface area (Å²) >= 11 is 0. The first-order chi connectivity index (χ1) is 14.7. The first-order valence-corrected chi connectivity index (χ1v) is 9.75. The van der Waals surface area contributed by atoms with Crippen molar-refractivity contribution in [3.05, 3.63) is 113 Å². The highest BCUT2D eigenvalue weighted by Gasteiger charge is 2.36. The molecule has 0 radical (unpaired) electrons.